The predicted octanol–water partition coefficient (Wildman–Crippen LogP) is 5.24. The van der Waals surface area contributed by atoms with Crippen LogP contribution in [-0.2, 0) is 0 Å². The van der Waals surface area contributed by atoms with E-state index < -0.39 is 0 Å². The summed E-state index contributed by atoms with van der Waals surface area (Å²) in [7, 11) is 0. The molecule has 0 aliphatic carbocycles. The molecule has 0 aliphatic heterocycles. The van der Waals surface area contributed by atoms with Gasteiger partial charge >= 0.3 is 0 Å². The SMILES string of the molecule is CC(C)c1cc(Cl)cc(C(C)C)c1Cl. The van der Waals surface area contributed by atoms with E-state index in [1.807, 2.05) is 12.1 Å². The van der Waals surface area contributed by atoms with Gasteiger partial charge in [-0.25, -0.2) is 0 Å². The second-order valence-electron chi connectivity index (χ2n) is 4.21. The summed E-state index contributed by atoms with van der Waals surface area (Å²) in [5.41, 5.74) is 2.28. The van der Waals surface area contributed by atoms with Crippen molar-refractivity contribution < 1.29 is 0 Å². The van der Waals surface area contributed by atoms with Crippen molar-refractivity contribution >= 4 is 23.2 Å². The molecule has 0 aromatic heterocycles. The fraction of sp³-hybridized carbons (Fsp3) is 0.500. The fourth-order valence-electron chi connectivity index (χ4n) is 1.47. The lowest BCUT2D eigenvalue weighted by molar-refractivity contribution is 0.834. The Morgan fingerprint density at radius 1 is 0.857 bits per heavy atom. The molecular formula is C12H16Cl2. The van der Waals surface area contributed by atoms with Gasteiger partial charge in [-0.15, -0.1) is 0 Å². The van der Waals surface area contributed by atoms with Crippen molar-refractivity contribution in [2.45, 2.75) is 39.5 Å². The molecule has 0 nitrogen and oxygen atoms in total. The summed E-state index contributed by atoms with van der Waals surface area (Å²) in [6, 6.07) is 3.92. The van der Waals surface area contributed by atoms with Crippen LogP contribution in [0.2, 0.25) is 10.0 Å². The molecule has 2 heteroatoms. The third kappa shape index (κ3) is 2.43. The van der Waals surface area contributed by atoms with Gasteiger partial charge in [0.15, 0.2) is 0 Å². The van der Waals surface area contributed by atoms with Crippen molar-refractivity contribution in [1.82, 2.24) is 0 Å². The van der Waals surface area contributed by atoms with Crippen LogP contribution < -0.4 is 0 Å². The van der Waals surface area contributed by atoms with Gasteiger partial charge in [-0.2, -0.15) is 0 Å². The number of hydrogen-bond acceptors (Lipinski definition) is 0. The minimum atomic E-state index is 0.415. The van der Waals surface area contributed by atoms with E-state index in [9.17, 15) is 0 Å². The van der Waals surface area contributed by atoms with Gasteiger partial charge in [-0.05, 0) is 35.1 Å². The summed E-state index contributed by atoms with van der Waals surface area (Å²) in [5.74, 6) is 0.831. The first-order valence-corrected chi connectivity index (χ1v) is 5.68. The third-order valence-electron chi connectivity index (χ3n) is 2.34. The van der Waals surface area contributed by atoms with Crippen LogP contribution in [0.25, 0.3) is 0 Å². The summed E-state index contributed by atoms with van der Waals surface area (Å²) in [4.78, 5) is 0. The molecule has 0 unspecified atom stereocenters. The van der Waals surface area contributed by atoms with Gasteiger partial charge in [-0.1, -0.05) is 50.9 Å². The van der Waals surface area contributed by atoms with E-state index in [4.69, 9.17) is 23.2 Å². The number of benzene rings is 1. The second kappa shape index (κ2) is 4.55. The Morgan fingerprint density at radius 3 is 1.50 bits per heavy atom. The molecule has 0 saturated heterocycles. The van der Waals surface area contributed by atoms with Gasteiger partial charge in [0.25, 0.3) is 0 Å². The molecule has 0 atom stereocenters. The van der Waals surface area contributed by atoms with Crippen LogP contribution in [0, 0.1) is 0 Å². The Labute approximate surface area is 96.2 Å². The van der Waals surface area contributed by atoms with Crippen molar-refractivity contribution in [2.75, 3.05) is 0 Å². The highest BCUT2D eigenvalue weighted by Gasteiger charge is 2.13. The average molecular weight is 231 g/mol. The van der Waals surface area contributed by atoms with Crippen LogP contribution in [0.15, 0.2) is 12.1 Å². The van der Waals surface area contributed by atoms with Gasteiger partial charge in [-0.3, -0.25) is 0 Å². The first-order chi connectivity index (χ1) is 6.43. The van der Waals surface area contributed by atoms with E-state index in [1.54, 1.807) is 0 Å². The van der Waals surface area contributed by atoms with E-state index in [1.165, 1.54) is 0 Å². The van der Waals surface area contributed by atoms with Crippen molar-refractivity contribution in [3.63, 3.8) is 0 Å². The number of rotatable bonds is 2. The summed E-state index contributed by atoms with van der Waals surface area (Å²) in [6.07, 6.45) is 0. The normalized spacial score (nSPS) is 11.4. The monoisotopic (exact) mass is 230 g/mol. The van der Waals surface area contributed by atoms with E-state index >= 15 is 0 Å². The fourth-order valence-corrected chi connectivity index (χ4v) is 2.25. The Kier molecular flexibility index (Phi) is 3.86. The maximum absolute atomic E-state index is 6.31. The Hall–Kier alpha value is -0.200. The van der Waals surface area contributed by atoms with E-state index in [0.717, 1.165) is 21.2 Å². The van der Waals surface area contributed by atoms with Crippen LogP contribution in [0.5, 0.6) is 0 Å². The molecule has 0 N–H and O–H groups in total. The zero-order valence-corrected chi connectivity index (χ0v) is 10.6. The molecule has 0 saturated carbocycles. The molecule has 1 aromatic carbocycles. The zero-order chi connectivity index (χ0) is 10.9. The van der Waals surface area contributed by atoms with Crippen LogP contribution in [0.1, 0.15) is 50.7 Å². The zero-order valence-electron chi connectivity index (χ0n) is 9.07. The molecule has 1 aromatic rings. The second-order valence-corrected chi connectivity index (χ2v) is 5.02. The van der Waals surface area contributed by atoms with Crippen molar-refractivity contribution in [2.24, 2.45) is 0 Å². The average Bonchev–Trinajstić information content (AvgIpc) is 2.07. The Bertz CT molecular complexity index is 298. The van der Waals surface area contributed by atoms with Gasteiger partial charge in [0.05, 0.1) is 0 Å². The van der Waals surface area contributed by atoms with Crippen molar-refractivity contribution in [1.29, 1.82) is 0 Å². The molecule has 0 fully saturated rings. The molecule has 78 valence electrons. The van der Waals surface area contributed by atoms with Crippen molar-refractivity contribution in [3.05, 3.63) is 33.3 Å². The van der Waals surface area contributed by atoms with Gasteiger partial charge in [0.1, 0.15) is 0 Å². The highest BCUT2D eigenvalue weighted by molar-refractivity contribution is 6.34. The van der Waals surface area contributed by atoms with Crippen LogP contribution in [0.3, 0.4) is 0 Å². The van der Waals surface area contributed by atoms with Gasteiger partial charge in [0.2, 0.25) is 0 Å². The maximum Gasteiger partial charge on any atom is 0.0476 e. The highest BCUT2D eigenvalue weighted by Crippen LogP contribution is 2.34. The molecule has 14 heavy (non-hydrogen) atoms. The molecule has 0 aliphatic rings. The highest BCUT2D eigenvalue weighted by atomic mass is 35.5. The molecule has 0 radical (unpaired) electrons. The van der Waals surface area contributed by atoms with Crippen LogP contribution in [0.4, 0.5) is 0 Å². The molecular weight excluding hydrogens is 215 g/mol. The largest absolute Gasteiger partial charge is 0.0843 e. The van der Waals surface area contributed by atoms with Gasteiger partial charge < -0.3 is 0 Å². The molecule has 0 heterocycles. The van der Waals surface area contributed by atoms with E-state index in [0.29, 0.717) is 11.8 Å². The minimum Gasteiger partial charge on any atom is -0.0843 e. The Balaban J connectivity index is 3.32. The lowest BCUT2D eigenvalue weighted by Gasteiger charge is -2.15. The third-order valence-corrected chi connectivity index (χ3v) is 2.99. The van der Waals surface area contributed by atoms with Crippen LogP contribution in [-0.4, -0.2) is 0 Å². The lowest BCUT2D eigenvalue weighted by Crippen LogP contribution is -1.96. The first kappa shape index (κ1) is 11.9. The summed E-state index contributed by atoms with van der Waals surface area (Å²) >= 11 is 12.4. The lowest BCUT2D eigenvalue weighted by atomic mass is 9.95. The molecule has 0 bridgehead atoms. The number of halogens is 2. The maximum atomic E-state index is 6.31. The Morgan fingerprint density at radius 2 is 1.21 bits per heavy atom. The summed E-state index contributed by atoms with van der Waals surface area (Å²) in [6.45, 7) is 8.51. The molecule has 0 spiro atoms. The van der Waals surface area contributed by atoms with Crippen molar-refractivity contribution in [3.8, 4) is 0 Å². The summed E-state index contributed by atoms with van der Waals surface area (Å²) < 4.78 is 0. The van der Waals surface area contributed by atoms with Gasteiger partial charge in [0, 0.05) is 10.0 Å². The summed E-state index contributed by atoms with van der Waals surface area (Å²) in [5, 5.41) is 1.65. The minimum absolute atomic E-state index is 0.415. The standard InChI is InChI=1S/C12H16Cl2/c1-7(2)10-5-9(13)6-11(8(3)4)12(10)14/h5-8H,1-4H3. The smallest absolute Gasteiger partial charge is 0.0476 e. The van der Waals surface area contributed by atoms with E-state index in [2.05, 4.69) is 27.7 Å². The van der Waals surface area contributed by atoms with Crippen LogP contribution >= 0.6 is 23.2 Å². The quantitative estimate of drug-likeness (QED) is 0.652. The topological polar surface area (TPSA) is 0 Å². The molecule has 0 amide bonds. The predicted molar refractivity (Wildman–Crippen MR) is 64.6 cm³/mol. The first-order valence-electron chi connectivity index (χ1n) is 4.92. The molecule has 1 rings (SSSR count). The number of hydrogen-bond donors (Lipinski definition) is 0. The van der Waals surface area contributed by atoms with E-state index in [-0.39, 0.29) is 0 Å².